The van der Waals surface area contributed by atoms with Crippen molar-refractivity contribution in [2.45, 2.75) is 6.54 Å². The van der Waals surface area contributed by atoms with Crippen LogP contribution in [0.4, 0.5) is 0 Å². The minimum Gasteiger partial charge on any atom is -0.484 e. The summed E-state index contributed by atoms with van der Waals surface area (Å²) < 4.78 is 5.52. The van der Waals surface area contributed by atoms with E-state index < -0.39 is 0 Å². The van der Waals surface area contributed by atoms with Gasteiger partial charge in [0.05, 0.1) is 15.7 Å². The summed E-state index contributed by atoms with van der Waals surface area (Å²) >= 11 is 11.8. The number of nitrogens with zero attached hydrogens (tertiary/aromatic N) is 3. The second-order valence-electron chi connectivity index (χ2n) is 5.84. The Balaban J connectivity index is 1.44. The fourth-order valence-electron chi connectivity index (χ4n) is 2.68. The monoisotopic (exact) mass is 379 g/mol. The van der Waals surface area contributed by atoms with E-state index in [2.05, 4.69) is 9.88 Å². The first-order chi connectivity index (χ1) is 12.1. The lowest BCUT2D eigenvalue weighted by atomic mass is 10.2. The Labute approximate surface area is 157 Å². The summed E-state index contributed by atoms with van der Waals surface area (Å²) in [6.07, 6.45) is 1.80. The van der Waals surface area contributed by atoms with Gasteiger partial charge in [0, 0.05) is 45.0 Å². The third-order valence-electron chi connectivity index (χ3n) is 4.09. The van der Waals surface area contributed by atoms with Crippen molar-refractivity contribution < 1.29 is 9.53 Å². The Morgan fingerprint density at radius 1 is 1.08 bits per heavy atom. The van der Waals surface area contributed by atoms with Crippen molar-refractivity contribution in [2.75, 3.05) is 32.8 Å². The molecule has 1 saturated heterocycles. The molecule has 1 aromatic heterocycles. The number of aromatic nitrogens is 1. The van der Waals surface area contributed by atoms with Crippen molar-refractivity contribution >= 4 is 29.1 Å². The van der Waals surface area contributed by atoms with Gasteiger partial charge >= 0.3 is 0 Å². The van der Waals surface area contributed by atoms with Crippen molar-refractivity contribution in [1.82, 2.24) is 14.8 Å². The van der Waals surface area contributed by atoms with Gasteiger partial charge in [0.25, 0.3) is 5.91 Å². The predicted molar refractivity (Wildman–Crippen MR) is 98.1 cm³/mol. The van der Waals surface area contributed by atoms with E-state index in [9.17, 15) is 4.79 Å². The molecule has 0 atom stereocenters. The van der Waals surface area contributed by atoms with Gasteiger partial charge in [-0.2, -0.15) is 0 Å². The standard InChI is InChI=1S/C18H19Cl2N3O2/c19-16-5-4-15(11-17(16)20)25-13-18(24)23-9-7-22(8-10-23)12-14-3-1-2-6-21-14/h1-6,11H,7-10,12-13H2. The normalized spacial score (nSPS) is 15.2. The number of pyridine rings is 1. The van der Waals surface area contributed by atoms with Crippen molar-refractivity contribution in [2.24, 2.45) is 0 Å². The first-order valence-corrected chi connectivity index (χ1v) is 8.85. The van der Waals surface area contributed by atoms with E-state index >= 15 is 0 Å². The topological polar surface area (TPSA) is 45.7 Å². The van der Waals surface area contributed by atoms with Crippen LogP contribution < -0.4 is 4.74 Å². The zero-order valence-electron chi connectivity index (χ0n) is 13.7. The maximum absolute atomic E-state index is 12.3. The summed E-state index contributed by atoms with van der Waals surface area (Å²) in [5.74, 6) is 0.514. The third kappa shape index (κ3) is 5.08. The number of carbonyl (C=O) groups is 1. The van der Waals surface area contributed by atoms with E-state index in [0.717, 1.165) is 25.3 Å². The maximum atomic E-state index is 12.3. The molecule has 0 aliphatic carbocycles. The fraction of sp³-hybridized carbons (Fsp3) is 0.333. The van der Waals surface area contributed by atoms with E-state index in [-0.39, 0.29) is 12.5 Å². The Hall–Kier alpha value is -1.82. The molecule has 0 radical (unpaired) electrons. The van der Waals surface area contributed by atoms with E-state index in [1.807, 2.05) is 23.1 Å². The molecule has 3 rings (SSSR count). The van der Waals surface area contributed by atoms with Gasteiger partial charge in [0.1, 0.15) is 5.75 Å². The van der Waals surface area contributed by atoms with Crippen LogP contribution in [0.5, 0.6) is 5.75 Å². The Morgan fingerprint density at radius 2 is 1.88 bits per heavy atom. The van der Waals surface area contributed by atoms with Crippen LogP contribution in [0.2, 0.25) is 10.0 Å². The largest absolute Gasteiger partial charge is 0.484 e. The molecule has 0 bridgehead atoms. The lowest BCUT2D eigenvalue weighted by Gasteiger charge is -2.34. The number of ether oxygens (including phenoxy) is 1. The van der Waals surface area contributed by atoms with Crippen molar-refractivity contribution in [3.8, 4) is 5.75 Å². The van der Waals surface area contributed by atoms with Gasteiger partial charge in [0.2, 0.25) is 0 Å². The van der Waals surface area contributed by atoms with Crippen LogP contribution in [0.3, 0.4) is 0 Å². The van der Waals surface area contributed by atoms with Crippen LogP contribution in [0.15, 0.2) is 42.6 Å². The van der Waals surface area contributed by atoms with Gasteiger partial charge in [0.15, 0.2) is 6.61 Å². The van der Waals surface area contributed by atoms with Crippen LogP contribution in [0.1, 0.15) is 5.69 Å². The van der Waals surface area contributed by atoms with Crippen molar-refractivity contribution in [1.29, 1.82) is 0 Å². The van der Waals surface area contributed by atoms with Crippen LogP contribution in [0.25, 0.3) is 0 Å². The molecule has 2 aromatic rings. The minimum absolute atomic E-state index is 0.00178. The molecular formula is C18H19Cl2N3O2. The molecule has 1 aliphatic heterocycles. The molecule has 1 fully saturated rings. The molecule has 25 heavy (non-hydrogen) atoms. The average Bonchev–Trinajstić information content (AvgIpc) is 2.64. The smallest absolute Gasteiger partial charge is 0.260 e. The highest BCUT2D eigenvalue weighted by molar-refractivity contribution is 6.42. The number of amides is 1. The molecule has 2 heterocycles. The second kappa shape index (κ2) is 8.52. The molecule has 0 unspecified atom stereocenters. The number of benzene rings is 1. The molecular weight excluding hydrogens is 361 g/mol. The lowest BCUT2D eigenvalue weighted by molar-refractivity contribution is -0.135. The highest BCUT2D eigenvalue weighted by Gasteiger charge is 2.21. The zero-order chi connectivity index (χ0) is 17.6. The molecule has 1 aliphatic rings. The van der Waals surface area contributed by atoms with E-state index in [4.69, 9.17) is 27.9 Å². The Morgan fingerprint density at radius 3 is 2.56 bits per heavy atom. The highest BCUT2D eigenvalue weighted by atomic mass is 35.5. The van der Waals surface area contributed by atoms with Gasteiger partial charge in [-0.15, -0.1) is 0 Å². The van der Waals surface area contributed by atoms with Crippen molar-refractivity contribution in [3.05, 3.63) is 58.3 Å². The average molecular weight is 380 g/mol. The molecule has 0 saturated carbocycles. The van der Waals surface area contributed by atoms with Crippen LogP contribution in [0, 0.1) is 0 Å². The molecule has 5 nitrogen and oxygen atoms in total. The van der Waals surface area contributed by atoms with E-state index in [1.165, 1.54) is 0 Å². The zero-order valence-corrected chi connectivity index (χ0v) is 15.2. The molecule has 1 amide bonds. The fourth-order valence-corrected chi connectivity index (χ4v) is 2.97. The van der Waals surface area contributed by atoms with Gasteiger partial charge in [-0.1, -0.05) is 29.3 Å². The lowest BCUT2D eigenvalue weighted by Crippen LogP contribution is -2.49. The van der Waals surface area contributed by atoms with Crippen LogP contribution in [-0.2, 0) is 11.3 Å². The van der Waals surface area contributed by atoms with E-state index in [1.54, 1.807) is 24.4 Å². The Kier molecular flexibility index (Phi) is 6.13. The van der Waals surface area contributed by atoms with Crippen LogP contribution in [-0.4, -0.2) is 53.5 Å². The number of carbonyl (C=O) groups excluding carboxylic acids is 1. The van der Waals surface area contributed by atoms with Crippen molar-refractivity contribution in [3.63, 3.8) is 0 Å². The van der Waals surface area contributed by atoms with Gasteiger partial charge < -0.3 is 9.64 Å². The van der Waals surface area contributed by atoms with Gasteiger partial charge in [-0.05, 0) is 24.3 Å². The summed E-state index contributed by atoms with van der Waals surface area (Å²) in [4.78, 5) is 20.8. The highest BCUT2D eigenvalue weighted by Crippen LogP contribution is 2.26. The Bertz CT molecular complexity index is 720. The summed E-state index contributed by atoms with van der Waals surface area (Å²) in [5, 5.41) is 0.874. The molecule has 1 aromatic carbocycles. The molecule has 0 N–H and O–H groups in total. The van der Waals surface area contributed by atoms with Gasteiger partial charge in [-0.3, -0.25) is 14.7 Å². The predicted octanol–water partition coefficient (Wildman–Crippen LogP) is 3.11. The summed E-state index contributed by atoms with van der Waals surface area (Å²) in [5.41, 5.74) is 1.05. The molecule has 132 valence electrons. The SMILES string of the molecule is O=C(COc1ccc(Cl)c(Cl)c1)N1CCN(Cc2ccccn2)CC1. The summed E-state index contributed by atoms with van der Waals surface area (Å²) in [6, 6.07) is 10.9. The van der Waals surface area contributed by atoms with Crippen LogP contribution >= 0.6 is 23.2 Å². The first-order valence-electron chi connectivity index (χ1n) is 8.10. The quantitative estimate of drug-likeness (QED) is 0.800. The minimum atomic E-state index is -0.0245. The summed E-state index contributed by atoms with van der Waals surface area (Å²) in [6.45, 7) is 3.85. The number of rotatable bonds is 5. The molecule has 7 heteroatoms. The molecule has 0 spiro atoms. The number of hydrogen-bond donors (Lipinski definition) is 0. The maximum Gasteiger partial charge on any atom is 0.260 e. The number of piperazine rings is 1. The number of hydrogen-bond acceptors (Lipinski definition) is 4. The third-order valence-corrected chi connectivity index (χ3v) is 4.83. The van der Waals surface area contributed by atoms with Gasteiger partial charge in [-0.25, -0.2) is 0 Å². The second-order valence-corrected chi connectivity index (χ2v) is 6.66. The van der Waals surface area contributed by atoms with E-state index in [0.29, 0.717) is 28.9 Å². The first kappa shape index (κ1) is 18.0. The summed E-state index contributed by atoms with van der Waals surface area (Å²) in [7, 11) is 0. The number of halogens is 2.